The van der Waals surface area contributed by atoms with Crippen molar-refractivity contribution in [1.29, 1.82) is 0 Å². The van der Waals surface area contributed by atoms with Gasteiger partial charge in [-0.05, 0) is 24.1 Å². The number of hydrogen-bond donors (Lipinski definition) is 2. The third kappa shape index (κ3) is 5.21. The quantitative estimate of drug-likeness (QED) is 0.432. The first-order valence-corrected chi connectivity index (χ1v) is 9.45. The number of carbonyl (C=O) groups is 1. The van der Waals surface area contributed by atoms with Crippen LogP contribution in [0.1, 0.15) is 22.7 Å². The lowest BCUT2D eigenvalue weighted by Gasteiger charge is -2.20. The van der Waals surface area contributed by atoms with E-state index in [2.05, 4.69) is 10.6 Å². The first-order chi connectivity index (χ1) is 14.5. The van der Waals surface area contributed by atoms with Gasteiger partial charge in [-0.25, -0.2) is 0 Å². The van der Waals surface area contributed by atoms with Gasteiger partial charge in [0, 0.05) is 12.1 Å². The van der Waals surface area contributed by atoms with E-state index in [1.807, 2.05) is 61.5 Å². The third-order valence-corrected chi connectivity index (χ3v) is 4.68. The van der Waals surface area contributed by atoms with Gasteiger partial charge in [-0.1, -0.05) is 60.2 Å². The maximum Gasteiger partial charge on any atom is 0.271 e. The van der Waals surface area contributed by atoms with Crippen molar-refractivity contribution in [1.82, 2.24) is 5.32 Å². The molecule has 3 rings (SSSR count). The zero-order valence-corrected chi connectivity index (χ0v) is 16.8. The molecule has 1 amide bonds. The van der Waals surface area contributed by atoms with Gasteiger partial charge in [0.25, 0.3) is 5.69 Å². The van der Waals surface area contributed by atoms with Gasteiger partial charge in [0.15, 0.2) is 0 Å². The predicted molar refractivity (Wildman–Crippen MR) is 116 cm³/mol. The van der Waals surface area contributed by atoms with Crippen molar-refractivity contribution in [2.45, 2.75) is 13.0 Å². The highest BCUT2D eigenvalue weighted by atomic mass is 16.6. The summed E-state index contributed by atoms with van der Waals surface area (Å²) in [6.45, 7) is 2.04. The summed E-state index contributed by atoms with van der Waals surface area (Å²) in [5, 5.41) is 17.0. The lowest BCUT2D eigenvalue weighted by molar-refractivity contribution is -0.384. The van der Waals surface area contributed by atoms with Crippen LogP contribution in [-0.2, 0) is 4.79 Å². The van der Waals surface area contributed by atoms with Gasteiger partial charge in [-0.3, -0.25) is 20.2 Å². The molecule has 0 unspecified atom stereocenters. The van der Waals surface area contributed by atoms with E-state index in [0.29, 0.717) is 5.75 Å². The minimum Gasteiger partial charge on any atom is -0.495 e. The van der Waals surface area contributed by atoms with Crippen LogP contribution < -0.4 is 15.4 Å². The number of hydrogen-bond acceptors (Lipinski definition) is 5. The molecule has 0 aliphatic heterocycles. The van der Waals surface area contributed by atoms with E-state index >= 15 is 0 Å². The van der Waals surface area contributed by atoms with Crippen molar-refractivity contribution in [3.8, 4) is 5.75 Å². The molecule has 0 aliphatic carbocycles. The number of amides is 1. The Bertz CT molecular complexity index is 1020. The van der Waals surface area contributed by atoms with Gasteiger partial charge in [0.1, 0.15) is 5.75 Å². The molecule has 0 aliphatic rings. The van der Waals surface area contributed by atoms with E-state index in [9.17, 15) is 14.9 Å². The van der Waals surface area contributed by atoms with Crippen molar-refractivity contribution in [2.24, 2.45) is 0 Å². The number of benzene rings is 3. The zero-order chi connectivity index (χ0) is 21.5. The summed E-state index contributed by atoms with van der Waals surface area (Å²) in [5.41, 5.74) is 3.35. The number of anilines is 1. The van der Waals surface area contributed by atoms with Gasteiger partial charge in [-0.2, -0.15) is 0 Å². The number of ether oxygens (including phenoxy) is 1. The molecular weight excluding hydrogens is 382 g/mol. The van der Waals surface area contributed by atoms with Gasteiger partial charge in [0.2, 0.25) is 5.91 Å². The topological polar surface area (TPSA) is 93.5 Å². The molecule has 0 bridgehead atoms. The number of non-ortho nitro benzene ring substituents is 1. The lowest BCUT2D eigenvalue weighted by atomic mass is 9.98. The first-order valence-electron chi connectivity index (χ1n) is 9.45. The van der Waals surface area contributed by atoms with Crippen LogP contribution >= 0.6 is 0 Å². The summed E-state index contributed by atoms with van der Waals surface area (Å²) >= 11 is 0. The number of carbonyl (C=O) groups excluding carboxylic acids is 1. The number of nitro benzene ring substituents is 1. The number of nitrogens with one attached hydrogen (secondary N) is 2. The Labute approximate surface area is 174 Å². The van der Waals surface area contributed by atoms with Crippen molar-refractivity contribution >= 4 is 17.3 Å². The summed E-state index contributed by atoms with van der Waals surface area (Å²) in [7, 11) is 1.44. The molecule has 7 heteroatoms. The van der Waals surface area contributed by atoms with E-state index in [1.165, 1.54) is 25.3 Å². The molecule has 30 heavy (non-hydrogen) atoms. The van der Waals surface area contributed by atoms with Crippen molar-refractivity contribution < 1.29 is 14.5 Å². The lowest BCUT2D eigenvalue weighted by Crippen LogP contribution is -2.32. The summed E-state index contributed by atoms with van der Waals surface area (Å²) in [6.07, 6.45) is 0. The summed E-state index contributed by atoms with van der Waals surface area (Å²) in [5.74, 6) is 0.0222. The smallest absolute Gasteiger partial charge is 0.271 e. The Morgan fingerprint density at radius 3 is 2.33 bits per heavy atom. The van der Waals surface area contributed by atoms with Gasteiger partial charge < -0.3 is 10.1 Å². The Balaban J connectivity index is 1.76. The predicted octanol–water partition coefficient (Wildman–Crippen LogP) is 4.23. The molecule has 7 nitrogen and oxygen atoms in total. The Morgan fingerprint density at radius 1 is 1.03 bits per heavy atom. The molecule has 3 aromatic rings. The summed E-state index contributed by atoms with van der Waals surface area (Å²) < 4.78 is 5.20. The van der Waals surface area contributed by atoms with Crippen LogP contribution in [0.25, 0.3) is 0 Å². The van der Waals surface area contributed by atoms with Crippen LogP contribution in [0.4, 0.5) is 11.4 Å². The molecule has 1 atom stereocenters. The summed E-state index contributed by atoms with van der Waals surface area (Å²) in [4.78, 5) is 23.1. The highest BCUT2D eigenvalue weighted by Gasteiger charge is 2.17. The number of rotatable bonds is 8. The van der Waals surface area contributed by atoms with Gasteiger partial charge in [-0.15, -0.1) is 0 Å². The molecule has 0 radical (unpaired) electrons. The molecule has 2 N–H and O–H groups in total. The van der Waals surface area contributed by atoms with E-state index in [0.717, 1.165) is 16.7 Å². The molecule has 3 aromatic carbocycles. The van der Waals surface area contributed by atoms with E-state index in [1.54, 1.807) is 0 Å². The van der Waals surface area contributed by atoms with Crippen LogP contribution in [0.3, 0.4) is 0 Å². The van der Waals surface area contributed by atoms with Crippen LogP contribution in [0.5, 0.6) is 5.75 Å². The standard InChI is InChI=1S/C23H23N3O4/c1-16-8-10-18(11-9-16)23(17-6-4-3-5-7-17)24-15-22(27)25-20-14-19(26(28)29)12-13-21(20)30-2/h3-14,23-24H,15H2,1-2H3,(H,25,27)/t23-/m1/s1. The van der Waals surface area contributed by atoms with Gasteiger partial charge in [0.05, 0.1) is 30.3 Å². The van der Waals surface area contributed by atoms with Crippen molar-refractivity contribution in [2.75, 3.05) is 19.0 Å². The van der Waals surface area contributed by atoms with Crippen molar-refractivity contribution in [3.05, 3.63) is 99.6 Å². The maximum atomic E-state index is 12.6. The molecule has 154 valence electrons. The molecule has 0 heterocycles. The third-order valence-electron chi connectivity index (χ3n) is 4.68. The molecular formula is C23H23N3O4. The number of nitrogens with zero attached hydrogens (tertiary/aromatic N) is 1. The van der Waals surface area contributed by atoms with Crippen molar-refractivity contribution in [3.63, 3.8) is 0 Å². The second kappa shape index (κ2) is 9.67. The molecule has 0 fully saturated rings. The second-order valence-electron chi connectivity index (χ2n) is 6.83. The fourth-order valence-electron chi connectivity index (χ4n) is 3.13. The van der Waals surface area contributed by atoms with E-state index in [-0.39, 0.29) is 29.9 Å². The fraction of sp³-hybridized carbons (Fsp3) is 0.174. The van der Waals surface area contributed by atoms with Gasteiger partial charge >= 0.3 is 0 Å². The Morgan fingerprint density at radius 2 is 1.70 bits per heavy atom. The molecule has 0 saturated heterocycles. The minimum atomic E-state index is -0.518. The normalized spacial score (nSPS) is 11.5. The highest BCUT2D eigenvalue weighted by molar-refractivity contribution is 5.94. The van der Waals surface area contributed by atoms with Crippen LogP contribution in [0, 0.1) is 17.0 Å². The van der Waals surface area contributed by atoms with Crippen LogP contribution in [0.2, 0.25) is 0 Å². The fourth-order valence-corrected chi connectivity index (χ4v) is 3.13. The largest absolute Gasteiger partial charge is 0.495 e. The SMILES string of the molecule is COc1ccc([N+](=O)[O-])cc1NC(=O)CN[C@H](c1ccccc1)c1ccc(C)cc1. The van der Waals surface area contributed by atoms with E-state index in [4.69, 9.17) is 4.74 Å². The Kier molecular flexibility index (Phi) is 6.77. The zero-order valence-electron chi connectivity index (χ0n) is 16.8. The number of aryl methyl sites for hydroxylation is 1. The second-order valence-corrected chi connectivity index (χ2v) is 6.83. The first kappa shape index (κ1) is 21.0. The molecule has 0 aromatic heterocycles. The molecule has 0 saturated carbocycles. The monoisotopic (exact) mass is 405 g/mol. The number of nitro groups is 1. The maximum absolute atomic E-state index is 12.6. The van der Waals surface area contributed by atoms with Crippen LogP contribution in [-0.4, -0.2) is 24.5 Å². The average Bonchev–Trinajstić information content (AvgIpc) is 2.75. The Hall–Kier alpha value is -3.71. The number of methoxy groups -OCH3 is 1. The molecule has 0 spiro atoms. The summed E-state index contributed by atoms with van der Waals surface area (Å²) in [6, 6.07) is 21.9. The van der Waals surface area contributed by atoms with Crippen LogP contribution in [0.15, 0.2) is 72.8 Å². The highest BCUT2D eigenvalue weighted by Crippen LogP contribution is 2.29. The van der Waals surface area contributed by atoms with E-state index < -0.39 is 4.92 Å². The average molecular weight is 405 g/mol. The minimum absolute atomic E-state index is 0.0132.